The molecule has 0 heterocycles. The van der Waals surface area contributed by atoms with Crippen LogP contribution in [0.25, 0.3) is 0 Å². The van der Waals surface area contributed by atoms with E-state index in [0.717, 1.165) is 0 Å². The SMILES string of the molecule is CCC(CC)C(=O)OC(CC)C(=O)O. The fourth-order valence-electron chi connectivity index (χ4n) is 1.17. The number of hydrogen-bond acceptors (Lipinski definition) is 3. The van der Waals surface area contributed by atoms with Gasteiger partial charge in [-0.3, -0.25) is 4.79 Å². The van der Waals surface area contributed by atoms with E-state index in [1.165, 1.54) is 0 Å². The number of aliphatic carboxylic acids is 1. The molecule has 0 aromatic carbocycles. The predicted molar refractivity (Wildman–Crippen MR) is 51.9 cm³/mol. The number of rotatable bonds is 6. The van der Waals surface area contributed by atoms with Crippen molar-refractivity contribution in [3.63, 3.8) is 0 Å². The summed E-state index contributed by atoms with van der Waals surface area (Å²) in [5, 5.41) is 8.67. The van der Waals surface area contributed by atoms with Gasteiger partial charge in [0.1, 0.15) is 0 Å². The molecule has 1 N–H and O–H groups in total. The number of carboxylic acids is 1. The van der Waals surface area contributed by atoms with E-state index in [9.17, 15) is 9.59 Å². The third-order valence-electron chi connectivity index (χ3n) is 2.22. The number of carbonyl (C=O) groups is 2. The van der Waals surface area contributed by atoms with Gasteiger partial charge in [-0.15, -0.1) is 0 Å². The Labute approximate surface area is 84.3 Å². The lowest BCUT2D eigenvalue weighted by atomic mass is 10.0. The Morgan fingerprint density at radius 2 is 1.64 bits per heavy atom. The van der Waals surface area contributed by atoms with Crippen LogP contribution in [-0.2, 0) is 14.3 Å². The van der Waals surface area contributed by atoms with Crippen molar-refractivity contribution >= 4 is 11.9 Å². The molecule has 0 spiro atoms. The van der Waals surface area contributed by atoms with E-state index < -0.39 is 18.0 Å². The molecule has 0 aliphatic rings. The van der Waals surface area contributed by atoms with Crippen LogP contribution in [0.15, 0.2) is 0 Å². The normalized spacial score (nSPS) is 12.6. The van der Waals surface area contributed by atoms with E-state index in [1.54, 1.807) is 6.92 Å². The molecule has 0 amide bonds. The molecule has 0 saturated heterocycles. The van der Waals surface area contributed by atoms with Crippen LogP contribution >= 0.6 is 0 Å². The Balaban J connectivity index is 4.20. The van der Waals surface area contributed by atoms with Gasteiger partial charge in [-0.1, -0.05) is 20.8 Å². The lowest BCUT2D eigenvalue weighted by Crippen LogP contribution is -2.29. The van der Waals surface area contributed by atoms with Gasteiger partial charge in [-0.25, -0.2) is 4.79 Å². The number of ether oxygens (including phenoxy) is 1. The Bertz CT molecular complexity index is 196. The van der Waals surface area contributed by atoms with Gasteiger partial charge in [-0.05, 0) is 19.3 Å². The number of esters is 1. The molecule has 4 heteroatoms. The molecule has 1 unspecified atom stereocenters. The van der Waals surface area contributed by atoms with Crippen LogP contribution in [0.1, 0.15) is 40.0 Å². The quantitative estimate of drug-likeness (QED) is 0.667. The summed E-state index contributed by atoms with van der Waals surface area (Å²) in [6, 6.07) is 0. The van der Waals surface area contributed by atoms with E-state index >= 15 is 0 Å². The molecule has 0 aliphatic heterocycles. The van der Waals surface area contributed by atoms with E-state index in [1.807, 2.05) is 13.8 Å². The van der Waals surface area contributed by atoms with Crippen molar-refractivity contribution in [1.82, 2.24) is 0 Å². The van der Waals surface area contributed by atoms with Crippen molar-refractivity contribution in [2.75, 3.05) is 0 Å². The fraction of sp³-hybridized carbons (Fsp3) is 0.800. The third-order valence-corrected chi connectivity index (χ3v) is 2.22. The van der Waals surface area contributed by atoms with E-state index in [-0.39, 0.29) is 5.92 Å². The Kier molecular flexibility index (Phi) is 5.92. The Morgan fingerprint density at radius 3 is 1.93 bits per heavy atom. The molecular formula is C10H18O4. The summed E-state index contributed by atoms with van der Waals surface area (Å²) in [4.78, 5) is 22.0. The minimum Gasteiger partial charge on any atom is -0.479 e. The van der Waals surface area contributed by atoms with Crippen molar-refractivity contribution in [3.8, 4) is 0 Å². The first kappa shape index (κ1) is 12.9. The topological polar surface area (TPSA) is 63.6 Å². The number of carboxylic acid groups (broad SMARTS) is 1. The van der Waals surface area contributed by atoms with Crippen molar-refractivity contribution in [3.05, 3.63) is 0 Å². The lowest BCUT2D eigenvalue weighted by molar-refractivity contribution is -0.167. The van der Waals surface area contributed by atoms with Crippen LogP contribution in [0.4, 0.5) is 0 Å². The van der Waals surface area contributed by atoms with E-state index in [4.69, 9.17) is 9.84 Å². The van der Waals surface area contributed by atoms with Crippen LogP contribution < -0.4 is 0 Å². The average Bonchev–Trinajstić information content (AvgIpc) is 2.15. The maximum Gasteiger partial charge on any atom is 0.345 e. The minimum absolute atomic E-state index is 0.177. The minimum atomic E-state index is -1.08. The lowest BCUT2D eigenvalue weighted by Gasteiger charge is -2.16. The first-order chi connectivity index (χ1) is 6.56. The molecule has 0 aromatic heterocycles. The zero-order valence-corrected chi connectivity index (χ0v) is 8.95. The van der Waals surface area contributed by atoms with Crippen LogP contribution in [0.2, 0.25) is 0 Å². The number of carbonyl (C=O) groups excluding carboxylic acids is 1. The van der Waals surface area contributed by atoms with Gasteiger partial charge < -0.3 is 9.84 Å². The molecular weight excluding hydrogens is 184 g/mol. The summed E-state index contributed by atoms with van der Waals surface area (Å²) >= 11 is 0. The van der Waals surface area contributed by atoms with Crippen molar-refractivity contribution < 1.29 is 19.4 Å². The highest BCUT2D eigenvalue weighted by atomic mass is 16.6. The van der Waals surface area contributed by atoms with Crippen molar-refractivity contribution in [2.24, 2.45) is 5.92 Å². The highest BCUT2D eigenvalue weighted by molar-refractivity contribution is 5.79. The van der Waals surface area contributed by atoms with Gasteiger partial charge in [0.2, 0.25) is 0 Å². The Morgan fingerprint density at radius 1 is 1.14 bits per heavy atom. The molecule has 0 aromatic rings. The van der Waals surface area contributed by atoms with Crippen molar-refractivity contribution in [2.45, 2.75) is 46.1 Å². The highest BCUT2D eigenvalue weighted by Crippen LogP contribution is 2.12. The molecule has 14 heavy (non-hydrogen) atoms. The summed E-state index contributed by atoms with van der Waals surface area (Å²) in [7, 11) is 0. The average molecular weight is 202 g/mol. The van der Waals surface area contributed by atoms with Gasteiger partial charge in [0, 0.05) is 0 Å². The molecule has 0 saturated carbocycles. The second kappa shape index (κ2) is 6.40. The molecule has 4 nitrogen and oxygen atoms in total. The smallest absolute Gasteiger partial charge is 0.345 e. The van der Waals surface area contributed by atoms with Gasteiger partial charge in [-0.2, -0.15) is 0 Å². The second-order valence-electron chi connectivity index (χ2n) is 3.19. The molecule has 0 fully saturated rings. The van der Waals surface area contributed by atoms with Gasteiger partial charge in [0.05, 0.1) is 5.92 Å². The monoisotopic (exact) mass is 202 g/mol. The molecule has 0 radical (unpaired) electrons. The van der Waals surface area contributed by atoms with Crippen molar-refractivity contribution in [1.29, 1.82) is 0 Å². The third kappa shape index (κ3) is 3.77. The van der Waals surface area contributed by atoms with Crippen LogP contribution in [-0.4, -0.2) is 23.1 Å². The summed E-state index contributed by atoms with van der Waals surface area (Å²) < 4.78 is 4.87. The van der Waals surface area contributed by atoms with Gasteiger partial charge >= 0.3 is 11.9 Å². The summed E-state index contributed by atoms with van der Waals surface area (Å²) in [5.41, 5.74) is 0. The van der Waals surface area contributed by atoms with Crippen LogP contribution in [0.3, 0.4) is 0 Å². The van der Waals surface area contributed by atoms with Gasteiger partial charge in [0.25, 0.3) is 0 Å². The molecule has 1 atom stereocenters. The first-order valence-electron chi connectivity index (χ1n) is 5.00. The van der Waals surface area contributed by atoms with E-state index in [0.29, 0.717) is 19.3 Å². The standard InChI is InChI=1S/C10H18O4/c1-4-7(5-2)10(13)14-8(6-3)9(11)12/h7-8H,4-6H2,1-3H3,(H,11,12). The number of hydrogen-bond donors (Lipinski definition) is 1. The van der Waals surface area contributed by atoms with Crippen LogP contribution in [0.5, 0.6) is 0 Å². The summed E-state index contributed by atoms with van der Waals surface area (Å²) in [5.74, 6) is -1.65. The highest BCUT2D eigenvalue weighted by Gasteiger charge is 2.23. The Hall–Kier alpha value is -1.06. The molecule has 0 bridgehead atoms. The molecule has 0 aliphatic carbocycles. The largest absolute Gasteiger partial charge is 0.479 e. The summed E-state index contributed by atoms with van der Waals surface area (Å²) in [6.45, 7) is 5.45. The maximum absolute atomic E-state index is 11.4. The zero-order valence-electron chi connectivity index (χ0n) is 8.95. The molecule has 82 valence electrons. The van der Waals surface area contributed by atoms with Gasteiger partial charge in [0.15, 0.2) is 6.10 Å². The molecule has 0 rings (SSSR count). The zero-order chi connectivity index (χ0) is 11.1. The van der Waals surface area contributed by atoms with E-state index in [2.05, 4.69) is 0 Å². The fourth-order valence-corrected chi connectivity index (χ4v) is 1.17. The second-order valence-corrected chi connectivity index (χ2v) is 3.19. The first-order valence-corrected chi connectivity index (χ1v) is 5.00. The van der Waals surface area contributed by atoms with Crippen LogP contribution in [0, 0.1) is 5.92 Å². The summed E-state index contributed by atoms with van der Waals surface area (Å²) in [6.07, 6.45) is 0.681. The maximum atomic E-state index is 11.4. The predicted octanol–water partition coefficient (Wildman–Crippen LogP) is 1.83.